The summed E-state index contributed by atoms with van der Waals surface area (Å²) in [6.45, 7) is 2.73. The van der Waals surface area contributed by atoms with Crippen molar-refractivity contribution in [2.75, 3.05) is 26.2 Å². The molecule has 1 aliphatic heterocycles. The van der Waals surface area contributed by atoms with Crippen LogP contribution in [-0.4, -0.2) is 37.5 Å². The second-order valence-electron chi connectivity index (χ2n) is 5.55. The quantitative estimate of drug-likeness (QED) is 0.811. The zero-order chi connectivity index (χ0) is 16.1. The number of piperazine rings is 1. The van der Waals surface area contributed by atoms with Crippen LogP contribution in [0.2, 0.25) is 0 Å². The lowest BCUT2D eigenvalue weighted by molar-refractivity contribution is 0.0181. The van der Waals surface area contributed by atoms with E-state index < -0.39 is 12.5 Å². The third kappa shape index (κ3) is 5.82. The van der Waals surface area contributed by atoms with Crippen LogP contribution in [0.5, 0.6) is 11.5 Å². The molecular formula is C18H22Cl2F2N2O. The highest BCUT2D eigenvalue weighted by atomic mass is 35.5. The molecule has 0 aliphatic carbocycles. The highest BCUT2D eigenvalue weighted by Crippen LogP contribution is 2.31. The van der Waals surface area contributed by atoms with Gasteiger partial charge in [-0.15, -0.1) is 24.8 Å². The topological polar surface area (TPSA) is 24.5 Å². The van der Waals surface area contributed by atoms with Crippen LogP contribution in [0.4, 0.5) is 8.78 Å². The second kappa shape index (κ2) is 10.6. The minimum atomic E-state index is -2.43. The van der Waals surface area contributed by atoms with Gasteiger partial charge in [0.1, 0.15) is 11.5 Å². The molecule has 0 aromatic heterocycles. The van der Waals surface area contributed by atoms with E-state index in [2.05, 4.69) is 5.32 Å². The van der Waals surface area contributed by atoms with Gasteiger partial charge in [-0.2, -0.15) is 0 Å². The van der Waals surface area contributed by atoms with Gasteiger partial charge in [0.05, 0.1) is 6.04 Å². The average Bonchev–Trinajstić information content (AvgIpc) is 2.57. The molecule has 1 N–H and O–H groups in total. The highest BCUT2D eigenvalue weighted by molar-refractivity contribution is 5.85. The highest BCUT2D eigenvalue weighted by Gasteiger charge is 2.30. The minimum absolute atomic E-state index is 0. The zero-order valence-electron chi connectivity index (χ0n) is 13.6. The van der Waals surface area contributed by atoms with Gasteiger partial charge in [-0.3, -0.25) is 4.90 Å². The molecule has 1 heterocycles. The maximum atomic E-state index is 13.6. The number of ether oxygens (including phenoxy) is 1. The van der Waals surface area contributed by atoms with Gasteiger partial charge in [-0.1, -0.05) is 30.3 Å². The van der Waals surface area contributed by atoms with E-state index >= 15 is 0 Å². The van der Waals surface area contributed by atoms with Crippen LogP contribution in [0.15, 0.2) is 54.6 Å². The molecule has 0 radical (unpaired) electrons. The Labute approximate surface area is 159 Å². The van der Waals surface area contributed by atoms with Crippen LogP contribution < -0.4 is 10.1 Å². The molecule has 0 saturated carbocycles. The van der Waals surface area contributed by atoms with Gasteiger partial charge in [0.2, 0.25) is 0 Å². The molecule has 0 amide bonds. The molecule has 1 saturated heterocycles. The summed E-state index contributed by atoms with van der Waals surface area (Å²) in [7, 11) is 0. The van der Waals surface area contributed by atoms with Gasteiger partial charge in [0.15, 0.2) is 0 Å². The Hall–Kier alpha value is -1.40. The fourth-order valence-electron chi connectivity index (χ4n) is 2.86. The van der Waals surface area contributed by atoms with Crippen molar-refractivity contribution < 1.29 is 13.5 Å². The van der Waals surface area contributed by atoms with Crippen molar-refractivity contribution in [1.29, 1.82) is 0 Å². The summed E-state index contributed by atoms with van der Waals surface area (Å²) in [4.78, 5) is 1.84. The van der Waals surface area contributed by atoms with Crippen LogP contribution in [0, 0.1) is 0 Å². The SMILES string of the molecule is Cl.Cl.FC(F)[C@@H](c1cccc(Oc2ccccc2)c1)N1CCNCC1. The maximum Gasteiger partial charge on any atom is 0.258 e. The van der Waals surface area contributed by atoms with E-state index in [1.54, 1.807) is 24.3 Å². The van der Waals surface area contributed by atoms with Crippen LogP contribution in [-0.2, 0) is 0 Å². The number of hydrogen-bond acceptors (Lipinski definition) is 3. The summed E-state index contributed by atoms with van der Waals surface area (Å²) in [5, 5.41) is 3.19. The van der Waals surface area contributed by atoms with Crippen molar-refractivity contribution >= 4 is 24.8 Å². The lowest BCUT2D eigenvalue weighted by Gasteiger charge is -2.34. The van der Waals surface area contributed by atoms with Gasteiger partial charge in [0, 0.05) is 26.2 Å². The predicted octanol–water partition coefficient (Wildman–Crippen LogP) is 4.53. The summed E-state index contributed by atoms with van der Waals surface area (Å²) in [5.74, 6) is 1.27. The Bertz CT molecular complexity index is 625. The van der Waals surface area contributed by atoms with Crippen LogP contribution in [0.25, 0.3) is 0 Å². The molecule has 1 atom stereocenters. The fourth-order valence-corrected chi connectivity index (χ4v) is 2.86. The second-order valence-corrected chi connectivity index (χ2v) is 5.55. The smallest absolute Gasteiger partial charge is 0.258 e. The van der Waals surface area contributed by atoms with Crippen molar-refractivity contribution in [3.05, 3.63) is 60.2 Å². The third-order valence-corrected chi connectivity index (χ3v) is 3.96. The number of nitrogens with one attached hydrogen (secondary N) is 1. The third-order valence-electron chi connectivity index (χ3n) is 3.96. The standard InChI is InChI=1S/C18H20F2N2O.2ClH/c19-18(20)17(22-11-9-21-10-12-22)14-5-4-8-16(13-14)23-15-6-2-1-3-7-15;;/h1-8,13,17-18,21H,9-12H2;2*1H/t17-;;/m1../s1. The Kier molecular flexibility index (Phi) is 9.14. The predicted molar refractivity (Wildman–Crippen MR) is 101 cm³/mol. The first kappa shape index (κ1) is 21.6. The summed E-state index contributed by atoms with van der Waals surface area (Å²) in [6, 6.07) is 15.5. The number of rotatable bonds is 5. The number of benzene rings is 2. The first-order valence-corrected chi connectivity index (χ1v) is 7.80. The molecule has 7 heteroatoms. The monoisotopic (exact) mass is 390 g/mol. The lowest BCUT2D eigenvalue weighted by atomic mass is 10.0. The summed E-state index contributed by atoms with van der Waals surface area (Å²) < 4.78 is 33.0. The van der Waals surface area contributed by atoms with E-state index in [4.69, 9.17) is 4.74 Å². The van der Waals surface area contributed by atoms with Crippen LogP contribution in [0.1, 0.15) is 11.6 Å². The minimum Gasteiger partial charge on any atom is -0.457 e. The molecule has 138 valence electrons. The summed E-state index contributed by atoms with van der Waals surface area (Å²) in [5.41, 5.74) is 0.593. The average molecular weight is 391 g/mol. The van der Waals surface area contributed by atoms with E-state index in [0.717, 1.165) is 13.1 Å². The molecule has 2 aromatic carbocycles. The van der Waals surface area contributed by atoms with Crippen molar-refractivity contribution in [3.63, 3.8) is 0 Å². The van der Waals surface area contributed by atoms with E-state index in [1.165, 1.54) is 0 Å². The van der Waals surface area contributed by atoms with E-state index in [0.29, 0.717) is 30.2 Å². The molecular weight excluding hydrogens is 369 g/mol. The van der Waals surface area contributed by atoms with E-state index in [9.17, 15) is 8.78 Å². The van der Waals surface area contributed by atoms with Gasteiger partial charge >= 0.3 is 0 Å². The molecule has 3 rings (SSSR count). The largest absolute Gasteiger partial charge is 0.457 e. The van der Waals surface area contributed by atoms with Crippen molar-refractivity contribution in [1.82, 2.24) is 10.2 Å². The molecule has 1 fully saturated rings. The molecule has 3 nitrogen and oxygen atoms in total. The molecule has 25 heavy (non-hydrogen) atoms. The first-order chi connectivity index (χ1) is 11.2. The summed E-state index contributed by atoms with van der Waals surface area (Å²) in [6.07, 6.45) is -2.43. The molecule has 0 spiro atoms. The van der Waals surface area contributed by atoms with Gasteiger partial charge in [-0.05, 0) is 29.8 Å². The van der Waals surface area contributed by atoms with Crippen molar-refractivity contribution in [3.8, 4) is 11.5 Å². The Balaban J connectivity index is 0.00000156. The Morgan fingerprint density at radius 1 is 0.880 bits per heavy atom. The van der Waals surface area contributed by atoms with Crippen molar-refractivity contribution in [2.45, 2.75) is 12.5 Å². The zero-order valence-corrected chi connectivity index (χ0v) is 15.2. The van der Waals surface area contributed by atoms with Gasteiger partial charge in [-0.25, -0.2) is 8.78 Å². The number of alkyl halides is 2. The number of hydrogen-bond donors (Lipinski definition) is 1. The van der Waals surface area contributed by atoms with Crippen LogP contribution in [0.3, 0.4) is 0 Å². The first-order valence-electron chi connectivity index (χ1n) is 7.80. The number of halogens is 4. The number of nitrogens with zero attached hydrogens (tertiary/aromatic N) is 1. The number of para-hydroxylation sites is 1. The molecule has 2 aromatic rings. The van der Waals surface area contributed by atoms with Crippen molar-refractivity contribution in [2.24, 2.45) is 0 Å². The van der Waals surface area contributed by atoms with Crippen LogP contribution >= 0.6 is 24.8 Å². The van der Waals surface area contributed by atoms with E-state index in [1.807, 2.05) is 35.2 Å². The lowest BCUT2D eigenvalue weighted by Crippen LogP contribution is -2.46. The Morgan fingerprint density at radius 2 is 1.52 bits per heavy atom. The summed E-state index contributed by atoms with van der Waals surface area (Å²) >= 11 is 0. The molecule has 1 aliphatic rings. The molecule has 0 unspecified atom stereocenters. The normalized spacial score (nSPS) is 15.8. The van der Waals surface area contributed by atoms with E-state index in [-0.39, 0.29) is 24.8 Å². The maximum absolute atomic E-state index is 13.6. The Morgan fingerprint density at radius 3 is 2.16 bits per heavy atom. The fraction of sp³-hybridized carbons (Fsp3) is 0.333. The molecule has 0 bridgehead atoms. The van der Waals surface area contributed by atoms with Gasteiger partial charge < -0.3 is 10.1 Å². The van der Waals surface area contributed by atoms with Gasteiger partial charge in [0.25, 0.3) is 6.43 Å².